The summed E-state index contributed by atoms with van der Waals surface area (Å²) in [6.07, 6.45) is 2.14. The fourth-order valence-electron chi connectivity index (χ4n) is 5.79. The van der Waals surface area contributed by atoms with Gasteiger partial charge in [0.1, 0.15) is 12.1 Å². The van der Waals surface area contributed by atoms with Crippen molar-refractivity contribution in [3.8, 4) is 28.4 Å². The third-order valence-electron chi connectivity index (χ3n) is 8.23. The number of benzene rings is 1. The van der Waals surface area contributed by atoms with Gasteiger partial charge in [-0.2, -0.15) is 0 Å². The maximum Gasteiger partial charge on any atom is 0.328 e. The lowest BCUT2D eigenvalue weighted by atomic mass is 9.95. The first-order valence-corrected chi connectivity index (χ1v) is 15.3. The van der Waals surface area contributed by atoms with Crippen LogP contribution in [-0.4, -0.2) is 58.3 Å². The second-order valence-electron chi connectivity index (χ2n) is 11.8. The summed E-state index contributed by atoms with van der Waals surface area (Å²) in [5, 5.41) is 9.02. The molecule has 3 N–H and O–H groups in total. The number of rotatable bonds is 13. The average molecular weight is 626 g/mol. The molecule has 0 bridgehead atoms. The molecule has 1 aliphatic carbocycles. The van der Waals surface area contributed by atoms with Gasteiger partial charge in [0.25, 0.3) is 0 Å². The highest BCUT2D eigenvalue weighted by Crippen LogP contribution is 2.50. The third kappa shape index (κ3) is 8.06. The molecule has 4 atom stereocenters. The molecule has 2 amide bonds. The van der Waals surface area contributed by atoms with Crippen molar-refractivity contribution in [2.75, 3.05) is 33.8 Å². The smallest absolute Gasteiger partial charge is 0.328 e. The summed E-state index contributed by atoms with van der Waals surface area (Å²) in [6, 6.07) is 4.73. The molecule has 0 spiro atoms. The SMILES string of the molecule is CC[C@H](C)[C@H](Nc1ccc2c(cc1=O)[C@@H](NC(C)=O)CCc1cc(OC)c(OC)c(OC)c1-2)C(=O)N[C@@H](CC(C)C)C(=O)OC. The fraction of sp³-hybridized carbons (Fsp3) is 0.529. The van der Waals surface area contributed by atoms with Gasteiger partial charge in [0.2, 0.25) is 23.0 Å². The number of hydrogen-bond acceptors (Lipinski definition) is 9. The molecule has 0 aliphatic heterocycles. The second kappa shape index (κ2) is 15.6. The number of aryl methyl sites for hydroxylation is 1. The normalized spacial score (nSPS) is 15.7. The molecule has 45 heavy (non-hydrogen) atoms. The van der Waals surface area contributed by atoms with E-state index in [-0.39, 0.29) is 28.9 Å². The highest BCUT2D eigenvalue weighted by Gasteiger charge is 2.32. The Hall–Kier alpha value is -4.28. The minimum atomic E-state index is -0.820. The van der Waals surface area contributed by atoms with E-state index < -0.39 is 30.0 Å². The summed E-state index contributed by atoms with van der Waals surface area (Å²) in [5.41, 5.74) is 2.76. The molecule has 246 valence electrons. The van der Waals surface area contributed by atoms with Gasteiger partial charge < -0.3 is 34.9 Å². The maximum atomic E-state index is 13.9. The first-order valence-electron chi connectivity index (χ1n) is 15.3. The third-order valence-corrected chi connectivity index (χ3v) is 8.23. The van der Waals surface area contributed by atoms with Crippen LogP contribution in [0.1, 0.15) is 71.0 Å². The lowest BCUT2D eigenvalue weighted by Gasteiger charge is -2.27. The fourth-order valence-corrected chi connectivity index (χ4v) is 5.79. The minimum Gasteiger partial charge on any atom is -0.493 e. The van der Waals surface area contributed by atoms with E-state index in [1.165, 1.54) is 27.2 Å². The van der Waals surface area contributed by atoms with Crippen LogP contribution < -0.4 is 35.6 Å². The molecule has 0 unspecified atom stereocenters. The van der Waals surface area contributed by atoms with Crippen LogP contribution in [0.2, 0.25) is 0 Å². The van der Waals surface area contributed by atoms with Gasteiger partial charge in [-0.05, 0) is 66.0 Å². The zero-order valence-corrected chi connectivity index (χ0v) is 27.8. The molecule has 11 heteroatoms. The van der Waals surface area contributed by atoms with Crippen molar-refractivity contribution >= 4 is 23.5 Å². The van der Waals surface area contributed by atoms with Gasteiger partial charge in [-0.1, -0.05) is 40.2 Å². The number of ether oxygens (including phenoxy) is 4. The van der Waals surface area contributed by atoms with E-state index in [0.29, 0.717) is 54.1 Å². The Balaban J connectivity index is 2.19. The average Bonchev–Trinajstić information content (AvgIpc) is 3.25. The number of carbonyl (C=O) groups is 3. The number of fused-ring (bicyclic) bond motifs is 3. The Labute approximate surface area is 265 Å². The van der Waals surface area contributed by atoms with Gasteiger partial charge in [0, 0.05) is 12.5 Å². The van der Waals surface area contributed by atoms with Crippen LogP contribution in [0.15, 0.2) is 29.1 Å². The van der Waals surface area contributed by atoms with E-state index in [0.717, 1.165) is 11.1 Å². The predicted octanol–water partition coefficient (Wildman–Crippen LogP) is 4.39. The number of amides is 2. The van der Waals surface area contributed by atoms with Crippen molar-refractivity contribution in [2.24, 2.45) is 11.8 Å². The van der Waals surface area contributed by atoms with E-state index in [4.69, 9.17) is 18.9 Å². The lowest BCUT2D eigenvalue weighted by molar-refractivity contribution is -0.145. The second-order valence-corrected chi connectivity index (χ2v) is 11.8. The summed E-state index contributed by atoms with van der Waals surface area (Å²) in [6.45, 7) is 9.21. The first-order chi connectivity index (χ1) is 21.4. The number of hydrogen-bond donors (Lipinski definition) is 3. The van der Waals surface area contributed by atoms with Crippen molar-refractivity contribution in [3.63, 3.8) is 0 Å². The predicted molar refractivity (Wildman–Crippen MR) is 173 cm³/mol. The summed E-state index contributed by atoms with van der Waals surface area (Å²) < 4.78 is 22.0. The van der Waals surface area contributed by atoms with Crippen LogP contribution in [0.5, 0.6) is 17.2 Å². The molecular formula is C34H47N3O8. The van der Waals surface area contributed by atoms with Gasteiger partial charge in [-0.15, -0.1) is 0 Å². The Morgan fingerprint density at radius 2 is 1.67 bits per heavy atom. The van der Waals surface area contributed by atoms with Crippen molar-refractivity contribution in [1.29, 1.82) is 0 Å². The summed E-state index contributed by atoms with van der Waals surface area (Å²) in [5.74, 6) is 0.142. The topological polar surface area (TPSA) is 141 Å². The van der Waals surface area contributed by atoms with Crippen molar-refractivity contribution < 1.29 is 33.3 Å². The molecule has 3 rings (SSSR count). The first kappa shape index (κ1) is 35.2. The lowest BCUT2D eigenvalue weighted by Crippen LogP contribution is -2.51. The minimum absolute atomic E-state index is 0.135. The van der Waals surface area contributed by atoms with Gasteiger partial charge in [0.15, 0.2) is 11.5 Å². The number of esters is 1. The summed E-state index contributed by atoms with van der Waals surface area (Å²) in [7, 11) is 5.91. The zero-order chi connectivity index (χ0) is 33.4. The molecule has 0 saturated carbocycles. The molecule has 0 heterocycles. The molecule has 2 aromatic carbocycles. The van der Waals surface area contributed by atoms with Crippen molar-refractivity contribution in [2.45, 2.75) is 78.4 Å². The molecule has 2 aromatic rings. The van der Waals surface area contributed by atoms with Gasteiger partial charge in [-0.3, -0.25) is 14.4 Å². The molecule has 0 saturated heterocycles. The Kier molecular flexibility index (Phi) is 12.2. The molecule has 11 nitrogen and oxygen atoms in total. The van der Waals surface area contributed by atoms with Crippen molar-refractivity contribution in [3.05, 3.63) is 45.6 Å². The van der Waals surface area contributed by atoms with E-state index >= 15 is 0 Å². The van der Waals surface area contributed by atoms with Crippen LogP contribution in [0.3, 0.4) is 0 Å². The Morgan fingerprint density at radius 3 is 2.22 bits per heavy atom. The molecule has 0 aromatic heterocycles. The number of carbonyl (C=O) groups excluding carboxylic acids is 3. The van der Waals surface area contributed by atoms with E-state index in [2.05, 4.69) is 16.0 Å². The summed E-state index contributed by atoms with van der Waals surface area (Å²) >= 11 is 0. The molecule has 0 radical (unpaired) electrons. The highest BCUT2D eigenvalue weighted by atomic mass is 16.5. The van der Waals surface area contributed by atoms with Gasteiger partial charge in [-0.25, -0.2) is 4.79 Å². The summed E-state index contributed by atoms with van der Waals surface area (Å²) in [4.78, 5) is 52.2. The van der Waals surface area contributed by atoms with Gasteiger partial charge in [0.05, 0.1) is 40.2 Å². The monoisotopic (exact) mass is 625 g/mol. The van der Waals surface area contributed by atoms with Gasteiger partial charge >= 0.3 is 5.97 Å². The van der Waals surface area contributed by atoms with E-state index in [9.17, 15) is 19.2 Å². The largest absolute Gasteiger partial charge is 0.493 e. The molecule has 1 aliphatic rings. The molecule has 0 fully saturated rings. The van der Waals surface area contributed by atoms with Crippen LogP contribution in [-0.2, 0) is 25.5 Å². The van der Waals surface area contributed by atoms with Crippen molar-refractivity contribution in [1.82, 2.24) is 10.6 Å². The molecular weight excluding hydrogens is 578 g/mol. The van der Waals surface area contributed by atoms with Crippen LogP contribution in [0, 0.1) is 11.8 Å². The quantitative estimate of drug-likeness (QED) is 0.276. The van der Waals surface area contributed by atoms with Crippen LogP contribution in [0.25, 0.3) is 11.1 Å². The van der Waals surface area contributed by atoms with E-state index in [1.807, 2.05) is 33.8 Å². The highest BCUT2D eigenvalue weighted by molar-refractivity contribution is 5.90. The van der Waals surface area contributed by atoms with Crippen LogP contribution in [0.4, 0.5) is 5.69 Å². The van der Waals surface area contributed by atoms with Crippen LogP contribution >= 0.6 is 0 Å². The Morgan fingerprint density at radius 1 is 0.978 bits per heavy atom. The number of nitrogens with one attached hydrogen (secondary N) is 3. The Bertz CT molecular complexity index is 1460. The maximum absolute atomic E-state index is 13.9. The zero-order valence-electron chi connectivity index (χ0n) is 27.8. The van der Waals surface area contributed by atoms with E-state index in [1.54, 1.807) is 26.4 Å². The standard InChI is InChI=1S/C34H47N3O8/c1-10-19(4)30(33(40)37-26(15-18(2)3)34(41)45-9)36-25-14-12-22-23(17-27(25)39)24(35-20(5)38)13-11-21-16-28(42-6)31(43-7)32(44-8)29(21)22/h12,14,16-19,24,26,30H,10-11,13,15H2,1-9H3,(H,35,38)(H,36,39)(H,37,40)/t19-,24-,26-,30-/m0/s1. The number of anilines is 1. The number of methoxy groups -OCH3 is 4.